The molecule has 0 aliphatic rings. The molecule has 0 fully saturated rings. The number of carbonyl (C=O) groups excluding carboxylic acids is 1. The van der Waals surface area contributed by atoms with Crippen molar-refractivity contribution in [2.75, 3.05) is 0 Å². The monoisotopic (exact) mass is 443 g/mol. The molecule has 0 saturated carbocycles. The lowest BCUT2D eigenvalue weighted by Gasteiger charge is -2.34. The third-order valence-electron chi connectivity index (χ3n) is 4.81. The van der Waals surface area contributed by atoms with Gasteiger partial charge in [0.2, 0.25) is 0 Å². The predicted molar refractivity (Wildman–Crippen MR) is 125 cm³/mol. The maximum Gasteiger partial charge on any atom is 0.410 e. The van der Waals surface area contributed by atoms with Crippen LogP contribution in [-0.2, 0) is 22.1 Å². The van der Waals surface area contributed by atoms with E-state index in [1.54, 1.807) is 39.8 Å². The highest BCUT2D eigenvalue weighted by molar-refractivity contribution is 7.89. The maximum absolute atomic E-state index is 12.9. The van der Waals surface area contributed by atoms with Crippen molar-refractivity contribution in [3.63, 3.8) is 0 Å². The molecule has 0 aromatic heterocycles. The third-order valence-corrected chi connectivity index (χ3v) is 6.20. The fourth-order valence-corrected chi connectivity index (χ4v) is 4.03. The standard InChI is InChI=1S/C25H33NO4S/c1-18-12-14-22(15-13-18)31(29)19(2)16-23(27)20(3)26(24(28)30-25(4,5)6)17-21-10-8-7-9-11-21/h7-15,20,23,27H,2,16-17H2,1,3-6H3/t20-,23-,31?/m1/s1. The first-order chi connectivity index (χ1) is 14.5. The van der Waals surface area contributed by atoms with Gasteiger partial charge in [-0.1, -0.05) is 54.6 Å². The van der Waals surface area contributed by atoms with Crippen LogP contribution < -0.4 is 0 Å². The quantitative estimate of drug-likeness (QED) is 0.609. The number of benzene rings is 2. The van der Waals surface area contributed by atoms with Crippen molar-refractivity contribution in [2.45, 2.75) is 70.2 Å². The average Bonchev–Trinajstić information content (AvgIpc) is 2.70. The van der Waals surface area contributed by atoms with Gasteiger partial charge in [0.15, 0.2) is 0 Å². The van der Waals surface area contributed by atoms with E-state index in [0.29, 0.717) is 16.3 Å². The van der Waals surface area contributed by atoms with Crippen molar-refractivity contribution >= 4 is 16.9 Å². The Morgan fingerprint density at radius 1 is 1.13 bits per heavy atom. The van der Waals surface area contributed by atoms with Gasteiger partial charge >= 0.3 is 6.09 Å². The summed E-state index contributed by atoms with van der Waals surface area (Å²) in [6.07, 6.45) is -1.35. The number of aliphatic hydroxyl groups is 1. The van der Waals surface area contributed by atoms with E-state index in [-0.39, 0.29) is 6.42 Å². The molecule has 0 spiro atoms. The summed E-state index contributed by atoms with van der Waals surface area (Å²) in [4.78, 5) is 15.5. The molecule has 1 unspecified atom stereocenters. The molecule has 1 amide bonds. The highest BCUT2D eigenvalue weighted by atomic mass is 32.2. The van der Waals surface area contributed by atoms with Crippen LogP contribution in [-0.4, -0.2) is 38.1 Å². The fourth-order valence-electron chi connectivity index (χ4n) is 2.99. The van der Waals surface area contributed by atoms with E-state index in [1.165, 1.54) is 4.90 Å². The first-order valence-corrected chi connectivity index (χ1v) is 11.5. The van der Waals surface area contributed by atoms with Gasteiger partial charge in [-0.15, -0.1) is 0 Å². The molecule has 0 aliphatic heterocycles. The lowest BCUT2D eigenvalue weighted by atomic mass is 10.1. The number of ether oxygens (including phenoxy) is 1. The Kier molecular flexibility index (Phi) is 8.60. The molecule has 2 aromatic carbocycles. The Balaban J connectivity index is 2.14. The smallest absolute Gasteiger partial charge is 0.410 e. The number of amides is 1. The lowest BCUT2D eigenvalue weighted by molar-refractivity contribution is -0.00447. The van der Waals surface area contributed by atoms with Gasteiger partial charge in [0.25, 0.3) is 0 Å². The largest absolute Gasteiger partial charge is 0.444 e. The first kappa shape index (κ1) is 24.8. The molecule has 0 bridgehead atoms. The summed E-state index contributed by atoms with van der Waals surface area (Å²) in [5.41, 5.74) is 1.34. The van der Waals surface area contributed by atoms with E-state index >= 15 is 0 Å². The van der Waals surface area contributed by atoms with Gasteiger partial charge in [-0.3, -0.25) is 4.90 Å². The van der Waals surface area contributed by atoms with E-state index < -0.39 is 34.6 Å². The van der Waals surface area contributed by atoms with E-state index in [9.17, 15) is 14.1 Å². The van der Waals surface area contributed by atoms with Gasteiger partial charge in [0, 0.05) is 22.8 Å². The summed E-state index contributed by atoms with van der Waals surface area (Å²) in [5.74, 6) is 0. The van der Waals surface area contributed by atoms with Crippen molar-refractivity contribution in [3.8, 4) is 0 Å². The molecule has 5 nitrogen and oxygen atoms in total. The second kappa shape index (κ2) is 10.7. The Hall–Kier alpha value is -2.44. The van der Waals surface area contributed by atoms with E-state index in [2.05, 4.69) is 6.58 Å². The van der Waals surface area contributed by atoms with E-state index in [4.69, 9.17) is 4.74 Å². The van der Waals surface area contributed by atoms with Crippen molar-refractivity contribution in [2.24, 2.45) is 0 Å². The minimum absolute atomic E-state index is 0.107. The molecule has 1 N–H and O–H groups in total. The number of aliphatic hydroxyl groups excluding tert-OH is 1. The van der Waals surface area contributed by atoms with Crippen LogP contribution in [0, 0.1) is 6.92 Å². The van der Waals surface area contributed by atoms with Gasteiger partial charge in [0.05, 0.1) is 22.9 Å². The summed E-state index contributed by atoms with van der Waals surface area (Å²) < 4.78 is 18.4. The molecular formula is C25H33NO4S. The highest BCUT2D eigenvalue weighted by Gasteiger charge is 2.31. The molecule has 0 saturated heterocycles. The minimum atomic E-state index is -1.44. The highest BCUT2D eigenvalue weighted by Crippen LogP contribution is 2.23. The molecule has 2 rings (SSSR count). The number of hydrogen-bond donors (Lipinski definition) is 1. The summed E-state index contributed by atoms with van der Waals surface area (Å²) in [6.45, 7) is 13.4. The van der Waals surface area contributed by atoms with Crippen LogP contribution >= 0.6 is 0 Å². The predicted octanol–water partition coefficient (Wildman–Crippen LogP) is 5.19. The van der Waals surface area contributed by atoms with Crippen molar-refractivity contribution in [1.29, 1.82) is 0 Å². The van der Waals surface area contributed by atoms with Crippen molar-refractivity contribution in [1.82, 2.24) is 4.90 Å². The number of nitrogens with zero attached hydrogens (tertiary/aromatic N) is 1. The zero-order chi connectivity index (χ0) is 23.2. The second-order valence-corrected chi connectivity index (χ2v) is 10.3. The van der Waals surface area contributed by atoms with Crippen LogP contribution in [0.1, 0.15) is 45.2 Å². The summed E-state index contributed by atoms with van der Waals surface area (Å²) in [6, 6.07) is 16.4. The van der Waals surface area contributed by atoms with Crippen LogP contribution in [0.15, 0.2) is 71.0 Å². The Labute approximate surface area is 188 Å². The summed E-state index contributed by atoms with van der Waals surface area (Å²) in [5, 5.41) is 10.9. The molecular weight excluding hydrogens is 410 g/mol. The van der Waals surface area contributed by atoms with Gasteiger partial charge in [-0.25, -0.2) is 9.00 Å². The maximum atomic E-state index is 12.9. The van der Waals surface area contributed by atoms with Crippen LogP contribution in [0.4, 0.5) is 4.79 Å². The van der Waals surface area contributed by atoms with Gasteiger partial charge in [-0.05, 0) is 52.3 Å². The second-order valence-electron chi connectivity index (χ2n) is 8.73. The normalized spacial score (nSPS) is 14.4. The van der Waals surface area contributed by atoms with Crippen molar-refractivity contribution < 1.29 is 18.8 Å². The number of rotatable bonds is 8. The van der Waals surface area contributed by atoms with Crippen LogP contribution in [0.5, 0.6) is 0 Å². The number of carbonyl (C=O) groups is 1. The first-order valence-electron chi connectivity index (χ1n) is 10.4. The summed E-state index contributed by atoms with van der Waals surface area (Å²) >= 11 is 0. The van der Waals surface area contributed by atoms with E-state index in [1.807, 2.05) is 49.4 Å². The summed E-state index contributed by atoms with van der Waals surface area (Å²) in [7, 11) is -1.44. The molecule has 0 aliphatic carbocycles. The lowest BCUT2D eigenvalue weighted by Crippen LogP contribution is -2.47. The fraction of sp³-hybridized carbons (Fsp3) is 0.400. The number of hydrogen-bond acceptors (Lipinski definition) is 4. The van der Waals surface area contributed by atoms with E-state index in [0.717, 1.165) is 11.1 Å². The Bertz CT molecular complexity index is 903. The van der Waals surface area contributed by atoms with Crippen molar-refractivity contribution in [3.05, 3.63) is 77.2 Å². The number of aryl methyl sites for hydroxylation is 1. The molecule has 168 valence electrons. The molecule has 3 atom stereocenters. The minimum Gasteiger partial charge on any atom is -0.444 e. The molecule has 2 aromatic rings. The topological polar surface area (TPSA) is 66.8 Å². The zero-order valence-corrected chi connectivity index (χ0v) is 19.8. The molecule has 6 heteroatoms. The Morgan fingerprint density at radius 3 is 2.26 bits per heavy atom. The third kappa shape index (κ3) is 7.64. The van der Waals surface area contributed by atoms with Gasteiger partial charge in [-0.2, -0.15) is 0 Å². The van der Waals surface area contributed by atoms with Crippen LogP contribution in [0.25, 0.3) is 0 Å². The SMILES string of the molecule is C=C(C[C@@H](O)[C@@H](C)N(Cc1ccccc1)C(=O)OC(C)(C)C)S(=O)c1ccc(C)cc1. The molecule has 0 radical (unpaired) electrons. The van der Waals surface area contributed by atoms with Gasteiger partial charge < -0.3 is 9.84 Å². The van der Waals surface area contributed by atoms with Gasteiger partial charge in [0.1, 0.15) is 5.60 Å². The van der Waals surface area contributed by atoms with Crippen LogP contribution in [0.3, 0.4) is 0 Å². The Morgan fingerprint density at radius 2 is 1.71 bits per heavy atom. The average molecular weight is 444 g/mol. The molecule has 31 heavy (non-hydrogen) atoms. The van der Waals surface area contributed by atoms with Crippen LogP contribution in [0.2, 0.25) is 0 Å². The zero-order valence-electron chi connectivity index (χ0n) is 19.0. The molecule has 0 heterocycles.